The molecule has 0 bridgehead atoms. The smallest absolute Gasteiger partial charge is 0.126 e. The van der Waals surface area contributed by atoms with Gasteiger partial charge in [0, 0.05) is 7.05 Å². The number of rotatable bonds is 1. The molecular weight excluding hydrogens is 210 g/mol. The Kier molecular flexibility index (Phi) is 2.63. The molecule has 0 radical (unpaired) electrons. The molecule has 1 aromatic heterocycles. The van der Waals surface area contributed by atoms with E-state index in [1.165, 1.54) is 36.2 Å². The number of imidazole rings is 1. The van der Waals surface area contributed by atoms with Gasteiger partial charge in [0.15, 0.2) is 0 Å². The average Bonchev–Trinajstić information content (AvgIpc) is 2.67. The van der Waals surface area contributed by atoms with E-state index in [4.69, 9.17) is 4.98 Å². The van der Waals surface area contributed by atoms with Crippen molar-refractivity contribution in [2.45, 2.75) is 32.2 Å². The molecule has 1 unspecified atom stereocenters. The van der Waals surface area contributed by atoms with Crippen LogP contribution in [0.25, 0.3) is 11.0 Å². The van der Waals surface area contributed by atoms with E-state index in [9.17, 15) is 0 Å². The minimum Gasteiger partial charge on any atom is -0.330 e. The normalized spacial score (nSPS) is 20.9. The van der Waals surface area contributed by atoms with Gasteiger partial charge in [-0.3, -0.25) is 0 Å². The maximum absolute atomic E-state index is 4.80. The highest BCUT2D eigenvalue weighted by Crippen LogP contribution is 2.25. The second-order valence-electron chi connectivity index (χ2n) is 5.02. The predicted molar refractivity (Wildman–Crippen MR) is 70.0 cm³/mol. The molecule has 0 aliphatic carbocycles. The summed E-state index contributed by atoms with van der Waals surface area (Å²) in [6.45, 7) is 3.24. The van der Waals surface area contributed by atoms with E-state index in [2.05, 4.69) is 42.1 Å². The van der Waals surface area contributed by atoms with Gasteiger partial charge in [0.05, 0.1) is 17.1 Å². The molecule has 0 amide bonds. The molecule has 1 fully saturated rings. The number of piperidine rings is 1. The van der Waals surface area contributed by atoms with Crippen LogP contribution in [0.4, 0.5) is 0 Å². The van der Waals surface area contributed by atoms with Gasteiger partial charge in [-0.1, -0.05) is 12.5 Å². The fraction of sp³-hybridized carbons (Fsp3) is 0.500. The van der Waals surface area contributed by atoms with E-state index in [1.54, 1.807) is 0 Å². The number of nitrogens with zero attached hydrogens (tertiary/aromatic N) is 2. The Morgan fingerprint density at radius 2 is 2.24 bits per heavy atom. The Morgan fingerprint density at radius 1 is 1.35 bits per heavy atom. The maximum Gasteiger partial charge on any atom is 0.126 e. The zero-order chi connectivity index (χ0) is 11.8. The molecular formula is C14H19N3. The lowest BCUT2D eigenvalue weighted by Crippen LogP contribution is -2.28. The van der Waals surface area contributed by atoms with E-state index in [0.717, 1.165) is 12.1 Å². The van der Waals surface area contributed by atoms with Crippen molar-refractivity contribution in [3.05, 3.63) is 29.6 Å². The van der Waals surface area contributed by atoms with Gasteiger partial charge in [0.1, 0.15) is 5.82 Å². The second kappa shape index (κ2) is 4.15. The first kappa shape index (κ1) is 10.8. The molecule has 3 nitrogen and oxygen atoms in total. The summed E-state index contributed by atoms with van der Waals surface area (Å²) in [5.41, 5.74) is 3.63. The minimum absolute atomic E-state index is 0.432. The van der Waals surface area contributed by atoms with E-state index in [-0.39, 0.29) is 0 Å². The Bertz CT molecular complexity index is 536. The van der Waals surface area contributed by atoms with Crippen LogP contribution in [0.1, 0.15) is 36.7 Å². The Hall–Kier alpha value is -1.35. The number of fused-ring (bicyclic) bond motifs is 1. The van der Waals surface area contributed by atoms with Crippen molar-refractivity contribution in [1.29, 1.82) is 0 Å². The lowest BCUT2D eigenvalue weighted by molar-refractivity contribution is 0.392. The summed E-state index contributed by atoms with van der Waals surface area (Å²) in [4.78, 5) is 4.80. The topological polar surface area (TPSA) is 29.9 Å². The van der Waals surface area contributed by atoms with E-state index < -0.39 is 0 Å². The van der Waals surface area contributed by atoms with E-state index >= 15 is 0 Å². The van der Waals surface area contributed by atoms with Gasteiger partial charge >= 0.3 is 0 Å². The van der Waals surface area contributed by atoms with Crippen molar-refractivity contribution in [3.63, 3.8) is 0 Å². The summed E-state index contributed by atoms with van der Waals surface area (Å²) in [6.07, 6.45) is 3.80. The van der Waals surface area contributed by atoms with Crippen LogP contribution < -0.4 is 5.32 Å². The quantitative estimate of drug-likeness (QED) is 0.814. The standard InChI is InChI=1S/C14H19N3/c1-10-6-7-13-12(9-10)16-14(17(13)2)11-5-3-4-8-15-11/h6-7,9,11,15H,3-5,8H2,1-2H3. The highest BCUT2D eigenvalue weighted by Gasteiger charge is 2.20. The summed E-state index contributed by atoms with van der Waals surface area (Å²) in [7, 11) is 2.12. The van der Waals surface area contributed by atoms with Crippen LogP contribution in [0, 0.1) is 6.92 Å². The SMILES string of the molecule is Cc1ccc2c(c1)nc(C1CCCCN1)n2C. The lowest BCUT2D eigenvalue weighted by Gasteiger charge is -2.22. The molecule has 1 N–H and O–H groups in total. The molecule has 0 spiro atoms. The first-order valence-electron chi connectivity index (χ1n) is 6.42. The van der Waals surface area contributed by atoms with Crippen LogP contribution >= 0.6 is 0 Å². The van der Waals surface area contributed by atoms with Crippen molar-refractivity contribution in [3.8, 4) is 0 Å². The molecule has 1 aromatic carbocycles. The third-order valence-electron chi connectivity index (χ3n) is 3.69. The fourth-order valence-electron chi connectivity index (χ4n) is 2.71. The number of aromatic nitrogens is 2. The van der Waals surface area contributed by atoms with Gasteiger partial charge in [-0.25, -0.2) is 4.98 Å². The number of aryl methyl sites for hydroxylation is 2. The van der Waals surface area contributed by atoms with Gasteiger partial charge in [-0.05, 0) is 44.0 Å². The molecule has 1 aliphatic rings. The third-order valence-corrected chi connectivity index (χ3v) is 3.69. The Morgan fingerprint density at radius 3 is 3.00 bits per heavy atom. The van der Waals surface area contributed by atoms with Crippen LogP contribution in [0.2, 0.25) is 0 Å². The summed E-state index contributed by atoms with van der Waals surface area (Å²) < 4.78 is 2.23. The van der Waals surface area contributed by atoms with Crippen molar-refractivity contribution in [1.82, 2.24) is 14.9 Å². The maximum atomic E-state index is 4.80. The summed E-state index contributed by atoms with van der Waals surface area (Å²) in [5, 5.41) is 3.57. The molecule has 3 rings (SSSR count). The monoisotopic (exact) mass is 229 g/mol. The fourth-order valence-corrected chi connectivity index (χ4v) is 2.71. The molecule has 2 heterocycles. The van der Waals surface area contributed by atoms with Crippen LogP contribution in [0.5, 0.6) is 0 Å². The summed E-state index contributed by atoms with van der Waals surface area (Å²) in [5.74, 6) is 1.19. The lowest BCUT2D eigenvalue weighted by atomic mass is 10.0. The average molecular weight is 229 g/mol. The Balaban J connectivity index is 2.07. The first-order valence-corrected chi connectivity index (χ1v) is 6.42. The van der Waals surface area contributed by atoms with E-state index in [0.29, 0.717) is 6.04 Å². The zero-order valence-electron chi connectivity index (χ0n) is 10.5. The van der Waals surface area contributed by atoms with Gasteiger partial charge in [-0.2, -0.15) is 0 Å². The number of nitrogens with one attached hydrogen (secondary N) is 1. The van der Waals surface area contributed by atoms with Gasteiger partial charge in [0.2, 0.25) is 0 Å². The van der Waals surface area contributed by atoms with Gasteiger partial charge in [-0.15, -0.1) is 0 Å². The highest BCUT2D eigenvalue weighted by atomic mass is 15.1. The first-order chi connectivity index (χ1) is 8.25. The zero-order valence-corrected chi connectivity index (χ0v) is 10.5. The minimum atomic E-state index is 0.432. The van der Waals surface area contributed by atoms with Crippen molar-refractivity contribution in [2.24, 2.45) is 7.05 Å². The van der Waals surface area contributed by atoms with E-state index in [1.807, 2.05) is 0 Å². The van der Waals surface area contributed by atoms with Crippen molar-refractivity contribution >= 4 is 11.0 Å². The number of benzene rings is 1. The summed E-state index contributed by atoms with van der Waals surface area (Å²) >= 11 is 0. The van der Waals surface area contributed by atoms with Crippen LogP contribution in [-0.4, -0.2) is 16.1 Å². The number of hydrogen-bond donors (Lipinski definition) is 1. The van der Waals surface area contributed by atoms with Crippen LogP contribution in [0.3, 0.4) is 0 Å². The van der Waals surface area contributed by atoms with Gasteiger partial charge in [0.25, 0.3) is 0 Å². The molecule has 2 aromatic rings. The van der Waals surface area contributed by atoms with Crippen molar-refractivity contribution in [2.75, 3.05) is 6.54 Å². The summed E-state index contributed by atoms with van der Waals surface area (Å²) in [6, 6.07) is 6.93. The second-order valence-corrected chi connectivity index (χ2v) is 5.02. The van der Waals surface area contributed by atoms with Crippen molar-refractivity contribution < 1.29 is 0 Å². The molecule has 3 heteroatoms. The van der Waals surface area contributed by atoms with Crippen LogP contribution in [-0.2, 0) is 7.05 Å². The third kappa shape index (κ3) is 1.84. The highest BCUT2D eigenvalue weighted by molar-refractivity contribution is 5.76. The molecule has 1 atom stereocenters. The molecule has 1 aliphatic heterocycles. The molecule has 1 saturated heterocycles. The molecule has 0 saturated carbocycles. The largest absolute Gasteiger partial charge is 0.330 e. The Labute approximate surface area is 102 Å². The molecule has 17 heavy (non-hydrogen) atoms. The number of hydrogen-bond acceptors (Lipinski definition) is 2. The molecule has 90 valence electrons. The predicted octanol–water partition coefficient (Wildman–Crippen LogP) is 2.70. The van der Waals surface area contributed by atoms with Gasteiger partial charge < -0.3 is 9.88 Å². The van der Waals surface area contributed by atoms with Crippen LogP contribution in [0.15, 0.2) is 18.2 Å².